The van der Waals surface area contributed by atoms with Crippen LogP contribution in [-0.4, -0.2) is 35.1 Å². The van der Waals surface area contributed by atoms with Crippen LogP contribution in [0.4, 0.5) is 18.9 Å². The van der Waals surface area contributed by atoms with Crippen LogP contribution in [0.15, 0.2) is 41.0 Å². The van der Waals surface area contributed by atoms with Gasteiger partial charge in [0.05, 0.1) is 33.8 Å². The molecule has 0 saturated carbocycles. The molecule has 0 unspecified atom stereocenters. The van der Waals surface area contributed by atoms with E-state index in [4.69, 9.17) is 11.6 Å². The van der Waals surface area contributed by atoms with Crippen LogP contribution in [0, 0.1) is 11.8 Å². The van der Waals surface area contributed by atoms with Gasteiger partial charge in [-0.15, -0.1) is 0 Å². The van der Waals surface area contributed by atoms with E-state index in [-0.39, 0.29) is 23.8 Å². The number of amides is 1. The zero-order valence-electron chi connectivity index (χ0n) is 15.6. The van der Waals surface area contributed by atoms with Gasteiger partial charge in [-0.25, -0.2) is 4.98 Å². The minimum atomic E-state index is -4.40. The maximum Gasteiger partial charge on any atom is 0.394 e. The third-order valence-electron chi connectivity index (χ3n) is 4.10. The van der Waals surface area contributed by atoms with E-state index in [1.54, 1.807) is 24.3 Å². The van der Waals surface area contributed by atoms with Crippen molar-refractivity contribution in [2.75, 3.05) is 18.9 Å². The number of imidazole rings is 1. The molecule has 0 saturated heterocycles. The van der Waals surface area contributed by atoms with E-state index in [9.17, 15) is 18.0 Å². The highest BCUT2D eigenvalue weighted by Crippen LogP contribution is 2.27. The number of aromatic nitrogens is 2. The van der Waals surface area contributed by atoms with Gasteiger partial charge in [-0.05, 0) is 52.2 Å². The smallest absolute Gasteiger partial charge is 0.373 e. The molecule has 1 amide bonds. The van der Waals surface area contributed by atoms with E-state index in [1.807, 2.05) is 0 Å². The maximum atomic E-state index is 13.0. The Morgan fingerprint density at radius 2 is 2.10 bits per heavy atom. The summed E-state index contributed by atoms with van der Waals surface area (Å²) in [5.41, 5.74) is 1.35. The van der Waals surface area contributed by atoms with Crippen molar-refractivity contribution in [1.82, 2.24) is 14.7 Å². The number of halogens is 5. The van der Waals surface area contributed by atoms with Gasteiger partial charge in [0.2, 0.25) is 0 Å². The largest absolute Gasteiger partial charge is 0.394 e. The predicted octanol–water partition coefficient (Wildman–Crippen LogP) is 4.68. The normalized spacial score (nSPS) is 11.1. The Morgan fingerprint density at radius 1 is 1.33 bits per heavy atom. The van der Waals surface area contributed by atoms with E-state index in [0.29, 0.717) is 26.4 Å². The summed E-state index contributed by atoms with van der Waals surface area (Å²) in [5, 5.41) is 5.81. The number of benzene rings is 1. The molecular weight excluding hydrogens is 485 g/mol. The summed E-state index contributed by atoms with van der Waals surface area (Å²) in [7, 11) is 1.52. The second-order valence-corrected chi connectivity index (χ2v) is 7.44. The van der Waals surface area contributed by atoms with Gasteiger partial charge in [0, 0.05) is 18.8 Å². The van der Waals surface area contributed by atoms with Gasteiger partial charge in [0.15, 0.2) is 5.65 Å². The molecule has 0 fully saturated rings. The lowest BCUT2D eigenvalue weighted by Crippen LogP contribution is -2.17. The van der Waals surface area contributed by atoms with Gasteiger partial charge < -0.3 is 15.0 Å². The maximum absolute atomic E-state index is 13.0. The minimum absolute atomic E-state index is 0.0285. The topological polar surface area (TPSA) is 58.4 Å². The fourth-order valence-corrected chi connectivity index (χ4v) is 3.43. The summed E-state index contributed by atoms with van der Waals surface area (Å²) < 4.78 is 41.1. The van der Waals surface area contributed by atoms with Crippen LogP contribution in [0.5, 0.6) is 0 Å². The van der Waals surface area contributed by atoms with E-state index in [2.05, 4.69) is 43.4 Å². The van der Waals surface area contributed by atoms with E-state index in [0.717, 1.165) is 0 Å². The molecule has 156 valence electrons. The highest BCUT2D eigenvalue weighted by molar-refractivity contribution is 9.10. The number of nitrogens with one attached hydrogen (secondary N) is 2. The van der Waals surface area contributed by atoms with Crippen molar-refractivity contribution in [2.45, 2.75) is 12.6 Å². The molecule has 10 heteroatoms. The Kier molecular flexibility index (Phi) is 6.58. The number of alkyl halides is 3. The number of carbonyl (C=O) groups is 1. The number of hydrogen-bond acceptors (Lipinski definition) is 3. The van der Waals surface area contributed by atoms with Gasteiger partial charge in [-0.2, -0.15) is 13.2 Å². The van der Waals surface area contributed by atoms with Crippen molar-refractivity contribution in [3.8, 4) is 11.8 Å². The van der Waals surface area contributed by atoms with Gasteiger partial charge in [-0.1, -0.05) is 17.5 Å². The molecule has 2 N–H and O–H groups in total. The number of carbonyl (C=O) groups excluding carboxylic acids is 1. The second-order valence-electron chi connectivity index (χ2n) is 6.18. The first-order valence-electron chi connectivity index (χ1n) is 8.66. The van der Waals surface area contributed by atoms with Crippen molar-refractivity contribution < 1.29 is 18.0 Å². The van der Waals surface area contributed by atoms with Crippen LogP contribution >= 0.6 is 27.5 Å². The number of pyridine rings is 1. The molecule has 1 aromatic carbocycles. The summed E-state index contributed by atoms with van der Waals surface area (Å²) in [5.74, 6) is 5.22. The molecule has 3 rings (SSSR count). The molecule has 0 bridgehead atoms. The quantitative estimate of drug-likeness (QED) is 0.513. The van der Waals surface area contributed by atoms with E-state index < -0.39 is 12.6 Å². The first-order chi connectivity index (χ1) is 14.2. The third kappa shape index (κ3) is 5.07. The molecule has 2 aromatic heterocycles. The molecule has 2 heterocycles. The van der Waals surface area contributed by atoms with Crippen LogP contribution in [-0.2, 0) is 6.42 Å². The van der Waals surface area contributed by atoms with Crippen LogP contribution < -0.4 is 10.6 Å². The van der Waals surface area contributed by atoms with Crippen LogP contribution in [0.1, 0.15) is 21.7 Å². The lowest BCUT2D eigenvalue weighted by molar-refractivity contribution is -0.128. The van der Waals surface area contributed by atoms with Gasteiger partial charge >= 0.3 is 6.18 Å². The molecule has 0 spiro atoms. The Labute approximate surface area is 183 Å². The molecule has 0 aliphatic heterocycles. The molecular formula is C20H15BrClF3N4O. The summed E-state index contributed by atoms with van der Waals surface area (Å²) >= 11 is 9.46. The minimum Gasteiger partial charge on any atom is -0.373 e. The molecule has 30 heavy (non-hydrogen) atoms. The molecule has 0 aliphatic rings. The zero-order valence-corrected chi connectivity index (χ0v) is 17.9. The standard InChI is InChI=1S/C20H15BrClF3N4O/c1-26-19(30)12-6-7-15(14(22)10-12)27-8-2-5-16-17(11-20(23,24)25)29-9-3-4-13(21)18(29)28-16/h3-4,6-7,9-10,27H,8,11H2,1H3,(H,26,30). The summed E-state index contributed by atoms with van der Waals surface area (Å²) in [4.78, 5) is 15.9. The van der Waals surface area contributed by atoms with Crippen LogP contribution in [0.3, 0.4) is 0 Å². The zero-order chi connectivity index (χ0) is 21.9. The summed E-state index contributed by atoms with van der Waals surface area (Å²) in [6.07, 6.45) is -4.02. The fraction of sp³-hybridized carbons (Fsp3) is 0.200. The Balaban J connectivity index is 1.82. The summed E-state index contributed by atoms with van der Waals surface area (Å²) in [6, 6.07) is 8.06. The number of anilines is 1. The summed E-state index contributed by atoms with van der Waals surface area (Å²) in [6.45, 7) is 0.125. The average molecular weight is 500 g/mol. The van der Waals surface area contributed by atoms with Crippen molar-refractivity contribution in [2.24, 2.45) is 0 Å². The van der Waals surface area contributed by atoms with E-state index >= 15 is 0 Å². The lowest BCUT2D eigenvalue weighted by Gasteiger charge is -2.07. The van der Waals surface area contributed by atoms with Crippen molar-refractivity contribution in [3.63, 3.8) is 0 Å². The SMILES string of the molecule is CNC(=O)c1ccc(NCC#Cc2nc3c(Br)cccn3c2CC(F)(F)F)c(Cl)c1. The molecule has 0 aliphatic carbocycles. The van der Waals surface area contributed by atoms with Crippen molar-refractivity contribution in [1.29, 1.82) is 0 Å². The Bertz CT molecular complexity index is 1160. The first-order valence-corrected chi connectivity index (χ1v) is 9.83. The number of nitrogens with zero attached hydrogens (tertiary/aromatic N) is 2. The van der Waals surface area contributed by atoms with E-state index in [1.165, 1.54) is 23.7 Å². The molecule has 5 nitrogen and oxygen atoms in total. The highest BCUT2D eigenvalue weighted by Gasteiger charge is 2.31. The number of rotatable bonds is 4. The van der Waals surface area contributed by atoms with Crippen molar-refractivity contribution in [3.05, 3.63) is 63.0 Å². The molecule has 0 atom stereocenters. The van der Waals surface area contributed by atoms with Gasteiger partial charge in [-0.3, -0.25) is 4.79 Å². The van der Waals surface area contributed by atoms with Gasteiger partial charge in [0.25, 0.3) is 5.91 Å². The Morgan fingerprint density at radius 3 is 2.77 bits per heavy atom. The Hall–Kier alpha value is -2.70. The average Bonchev–Trinajstić information content (AvgIpc) is 3.03. The van der Waals surface area contributed by atoms with Crippen LogP contribution in [0.2, 0.25) is 5.02 Å². The van der Waals surface area contributed by atoms with Crippen LogP contribution in [0.25, 0.3) is 5.65 Å². The molecule has 0 radical (unpaired) electrons. The highest BCUT2D eigenvalue weighted by atomic mass is 79.9. The first kappa shape index (κ1) is 22.0. The second kappa shape index (κ2) is 8.98. The monoisotopic (exact) mass is 498 g/mol. The lowest BCUT2D eigenvalue weighted by atomic mass is 10.2. The third-order valence-corrected chi connectivity index (χ3v) is 5.03. The number of hydrogen-bond donors (Lipinski definition) is 2. The number of fused-ring (bicyclic) bond motifs is 1. The van der Waals surface area contributed by atoms with Crippen molar-refractivity contribution >= 4 is 44.8 Å². The predicted molar refractivity (Wildman–Crippen MR) is 113 cm³/mol. The molecule has 3 aromatic rings. The van der Waals surface area contributed by atoms with Gasteiger partial charge in [0.1, 0.15) is 5.69 Å². The fourth-order valence-electron chi connectivity index (χ4n) is 2.75.